The first-order valence-electron chi connectivity index (χ1n) is 11.0. The summed E-state index contributed by atoms with van der Waals surface area (Å²) < 4.78 is 85.1. The van der Waals surface area contributed by atoms with Gasteiger partial charge in [0.1, 0.15) is 6.73 Å². The van der Waals surface area contributed by atoms with Gasteiger partial charge in [-0.1, -0.05) is 40.5 Å². The number of sulfone groups is 1. The van der Waals surface area contributed by atoms with E-state index in [0.717, 1.165) is 12.1 Å². The lowest BCUT2D eigenvalue weighted by atomic mass is 9.86. The molecule has 0 radical (unpaired) electrons. The maximum atomic E-state index is 14.3. The molecule has 0 N–H and O–H groups in total. The molecule has 5 rings (SSSR count). The van der Waals surface area contributed by atoms with Crippen LogP contribution in [0.1, 0.15) is 28.7 Å². The molecule has 1 fully saturated rings. The van der Waals surface area contributed by atoms with Gasteiger partial charge in [0, 0.05) is 18.5 Å². The van der Waals surface area contributed by atoms with Crippen LogP contribution in [0.25, 0.3) is 0 Å². The zero-order valence-electron chi connectivity index (χ0n) is 18.8. The number of rotatable bonds is 3. The van der Waals surface area contributed by atoms with Crippen LogP contribution in [0.4, 0.5) is 17.6 Å². The van der Waals surface area contributed by atoms with Crippen LogP contribution >= 0.6 is 23.2 Å². The SMILES string of the molecule is O=C(C1CS(=O)(=O)C1)N1COCc2cc(C3=NOC(c4cc(Cl)c(F)c(Cl)c4)(C(F)(F)F)C3)ccc2C1. The fourth-order valence-corrected chi connectivity index (χ4v) is 6.47. The van der Waals surface area contributed by atoms with Crippen molar-refractivity contribution < 1.29 is 40.3 Å². The van der Waals surface area contributed by atoms with Crippen LogP contribution in [0.2, 0.25) is 10.0 Å². The highest BCUT2D eigenvalue weighted by Crippen LogP contribution is 2.50. The van der Waals surface area contributed by atoms with Gasteiger partial charge in [-0.3, -0.25) is 4.79 Å². The fraction of sp³-hybridized carbons (Fsp3) is 0.391. The Kier molecular flexibility index (Phi) is 6.45. The Morgan fingerprint density at radius 1 is 1.11 bits per heavy atom. The summed E-state index contributed by atoms with van der Waals surface area (Å²) in [5.74, 6) is -2.37. The second-order valence-electron chi connectivity index (χ2n) is 9.16. The van der Waals surface area contributed by atoms with E-state index < -0.39 is 55.4 Å². The molecule has 198 valence electrons. The van der Waals surface area contributed by atoms with Crippen molar-refractivity contribution in [3.63, 3.8) is 0 Å². The number of hydrogen-bond donors (Lipinski definition) is 0. The third-order valence-corrected chi connectivity index (χ3v) is 8.98. The Morgan fingerprint density at radius 3 is 2.41 bits per heavy atom. The number of nitrogens with zero attached hydrogens (tertiary/aromatic N) is 2. The van der Waals surface area contributed by atoms with Gasteiger partial charge in [-0.2, -0.15) is 13.2 Å². The van der Waals surface area contributed by atoms with Crippen LogP contribution in [0.5, 0.6) is 0 Å². The first-order valence-corrected chi connectivity index (χ1v) is 13.5. The van der Waals surface area contributed by atoms with E-state index in [0.29, 0.717) is 16.7 Å². The molecule has 7 nitrogen and oxygen atoms in total. The lowest BCUT2D eigenvalue weighted by molar-refractivity contribution is -0.275. The van der Waals surface area contributed by atoms with Gasteiger partial charge >= 0.3 is 6.18 Å². The molecule has 1 amide bonds. The zero-order valence-corrected chi connectivity index (χ0v) is 21.1. The van der Waals surface area contributed by atoms with Crippen molar-refractivity contribution in [2.24, 2.45) is 11.1 Å². The minimum Gasteiger partial charge on any atom is -0.374 e. The van der Waals surface area contributed by atoms with Gasteiger partial charge < -0.3 is 14.5 Å². The number of alkyl halides is 3. The van der Waals surface area contributed by atoms with Crippen molar-refractivity contribution in [2.45, 2.75) is 31.3 Å². The van der Waals surface area contributed by atoms with Gasteiger partial charge in [-0.15, -0.1) is 0 Å². The summed E-state index contributed by atoms with van der Waals surface area (Å²) in [5, 5.41) is 2.55. The van der Waals surface area contributed by atoms with Crippen molar-refractivity contribution >= 4 is 44.7 Å². The van der Waals surface area contributed by atoms with E-state index in [-0.39, 0.29) is 43.0 Å². The van der Waals surface area contributed by atoms with Crippen molar-refractivity contribution in [3.8, 4) is 0 Å². The van der Waals surface area contributed by atoms with E-state index in [4.69, 9.17) is 32.8 Å². The molecule has 0 saturated carbocycles. The Balaban J connectivity index is 1.39. The minimum absolute atomic E-state index is 0.00597. The molecule has 0 aromatic heterocycles. The van der Waals surface area contributed by atoms with Crippen LogP contribution in [0.15, 0.2) is 35.5 Å². The summed E-state index contributed by atoms with van der Waals surface area (Å²) in [4.78, 5) is 19.1. The molecule has 3 heterocycles. The average molecular weight is 581 g/mol. The fourth-order valence-electron chi connectivity index (χ4n) is 4.56. The van der Waals surface area contributed by atoms with E-state index in [1.165, 1.54) is 4.90 Å². The Hall–Kier alpha value is -2.41. The van der Waals surface area contributed by atoms with E-state index in [2.05, 4.69) is 5.16 Å². The monoisotopic (exact) mass is 580 g/mol. The van der Waals surface area contributed by atoms with Crippen LogP contribution in [-0.2, 0) is 43.0 Å². The molecule has 0 aliphatic carbocycles. The van der Waals surface area contributed by atoms with Crippen LogP contribution in [0.3, 0.4) is 0 Å². The molecule has 3 aliphatic heterocycles. The quantitative estimate of drug-likeness (QED) is 0.392. The summed E-state index contributed by atoms with van der Waals surface area (Å²) in [5.41, 5.74) is -1.73. The van der Waals surface area contributed by atoms with Gasteiger partial charge in [-0.25, -0.2) is 12.8 Å². The van der Waals surface area contributed by atoms with Crippen molar-refractivity contribution in [2.75, 3.05) is 18.2 Å². The maximum Gasteiger partial charge on any atom is 0.435 e. The van der Waals surface area contributed by atoms with Crippen molar-refractivity contribution in [1.29, 1.82) is 0 Å². The Labute approximate surface area is 218 Å². The van der Waals surface area contributed by atoms with Crippen LogP contribution in [-0.4, -0.2) is 49.3 Å². The highest BCUT2D eigenvalue weighted by atomic mass is 35.5. The number of fused-ring (bicyclic) bond motifs is 1. The topological polar surface area (TPSA) is 85.3 Å². The standard InChI is InChI=1S/C23H18Cl2F4N2O5S/c24-17-4-16(5-18(25)20(17)26)22(23(27,28)29)6-19(30-36-22)12-1-2-13-7-31(11-35-8-14(13)3-12)21(32)15-9-37(33,34)10-15/h1-5,15H,6-11H2. The molecule has 2 aromatic carbocycles. The highest BCUT2D eigenvalue weighted by Gasteiger charge is 2.62. The molecular formula is C23H18Cl2F4N2O5S. The highest BCUT2D eigenvalue weighted by molar-refractivity contribution is 7.92. The largest absolute Gasteiger partial charge is 0.435 e. The molecular weight excluding hydrogens is 563 g/mol. The third-order valence-electron chi connectivity index (χ3n) is 6.61. The number of hydrogen-bond acceptors (Lipinski definition) is 6. The summed E-state index contributed by atoms with van der Waals surface area (Å²) >= 11 is 11.5. The number of carbonyl (C=O) groups is 1. The lowest BCUT2D eigenvalue weighted by Gasteiger charge is -2.30. The smallest absolute Gasteiger partial charge is 0.374 e. The average Bonchev–Trinajstić information content (AvgIpc) is 3.17. The first kappa shape index (κ1) is 26.2. The van der Waals surface area contributed by atoms with E-state index in [9.17, 15) is 30.8 Å². The molecule has 1 unspecified atom stereocenters. The predicted molar refractivity (Wildman–Crippen MR) is 125 cm³/mol. The molecule has 3 aliphatic rings. The molecule has 0 bridgehead atoms. The normalized spacial score (nSPS) is 23.5. The van der Waals surface area contributed by atoms with Crippen molar-refractivity contribution in [3.05, 3.63) is 68.4 Å². The van der Waals surface area contributed by atoms with Crippen LogP contribution in [0, 0.1) is 11.7 Å². The Bertz CT molecular complexity index is 1400. The third kappa shape index (κ3) is 4.68. The molecule has 37 heavy (non-hydrogen) atoms. The number of oxime groups is 1. The number of carbonyl (C=O) groups excluding carboxylic acids is 1. The van der Waals surface area contributed by atoms with Gasteiger partial charge in [0.25, 0.3) is 5.60 Å². The molecule has 1 atom stereocenters. The number of halogens is 6. The summed E-state index contributed by atoms with van der Waals surface area (Å²) in [6.45, 7) is 0.192. The molecule has 2 aromatic rings. The second kappa shape index (κ2) is 9.11. The van der Waals surface area contributed by atoms with Crippen molar-refractivity contribution in [1.82, 2.24) is 4.90 Å². The van der Waals surface area contributed by atoms with E-state index >= 15 is 0 Å². The van der Waals surface area contributed by atoms with E-state index in [1.807, 2.05) is 0 Å². The first-order chi connectivity index (χ1) is 17.3. The van der Waals surface area contributed by atoms with Gasteiger partial charge in [0.2, 0.25) is 5.91 Å². The number of amides is 1. The number of benzene rings is 2. The molecule has 0 spiro atoms. The molecule has 1 saturated heterocycles. The zero-order chi connectivity index (χ0) is 26.8. The minimum atomic E-state index is -4.94. The second-order valence-corrected chi connectivity index (χ2v) is 12.1. The maximum absolute atomic E-state index is 14.3. The summed E-state index contributed by atoms with van der Waals surface area (Å²) in [6.07, 6.45) is -5.65. The Morgan fingerprint density at radius 2 is 1.78 bits per heavy atom. The number of ether oxygens (including phenoxy) is 1. The van der Waals surface area contributed by atoms with Gasteiger partial charge in [0.15, 0.2) is 15.7 Å². The lowest BCUT2D eigenvalue weighted by Crippen LogP contribution is -2.48. The van der Waals surface area contributed by atoms with Crippen LogP contribution < -0.4 is 0 Å². The molecule has 14 heteroatoms. The summed E-state index contributed by atoms with van der Waals surface area (Å²) in [7, 11) is -3.17. The van der Waals surface area contributed by atoms with E-state index in [1.54, 1.807) is 18.2 Å². The van der Waals surface area contributed by atoms with Gasteiger partial charge in [0.05, 0.1) is 39.8 Å². The predicted octanol–water partition coefficient (Wildman–Crippen LogP) is 4.58. The summed E-state index contributed by atoms with van der Waals surface area (Å²) in [6, 6.07) is 6.45. The van der Waals surface area contributed by atoms with Gasteiger partial charge in [-0.05, 0) is 34.9 Å².